The Bertz CT molecular complexity index is 603. The molecule has 0 atom stereocenters. The SMILES string of the molecule is COCCNC(=O)CN(C)c1ccc(S(N)(=O)=O)cc1N. The molecule has 0 saturated heterocycles. The number of anilines is 2. The van der Waals surface area contributed by atoms with Crippen molar-refractivity contribution in [3.8, 4) is 0 Å². The van der Waals surface area contributed by atoms with Crippen LogP contribution in [0.5, 0.6) is 0 Å². The summed E-state index contributed by atoms with van der Waals surface area (Å²) in [6.07, 6.45) is 0. The Hall–Kier alpha value is -1.84. The van der Waals surface area contributed by atoms with Gasteiger partial charge in [0.15, 0.2) is 0 Å². The molecule has 9 heteroatoms. The lowest BCUT2D eigenvalue weighted by molar-refractivity contribution is -0.119. The highest BCUT2D eigenvalue weighted by molar-refractivity contribution is 7.89. The molecule has 0 bridgehead atoms. The Morgan fingerprint density at radius 1 is 1.43 bits per heavy atom. The molecule has 5 N–H and O–H groups in total. The number of carbonyl (C=O) groups is 1. The van der Waals surface area contributed by atoms with Crippen LogP contribution in [0, 0.1) is 0 Å². The Kier molecular flexibility index (Phi) is 5.94. The number of hydrogen-bond donors (Lipinski definition) is 3. The fourth-order valence-electron chi connectivity index (χ4n) is 1.71. The minimum atomic E-state index is -3.80. The molecule has 0 saturated carbocycles. The number of ether oxygens (including phenoxy) is 1. The number of primary sulfonamides is 1. The van der Waals surface area contributed by atoms with Crippen LogP contribution < -0.4 is 21.1 Å². The van der Waals surface area contributed by atoms with Gasteiger partial charge in [-0.15, -0.1) is 0 Å². The van der Waals surface area contributed by atoms with Crippen molar-refractivity contribution in [3.63, 3.8) is 0 Å². The summed E-state index contributed by atoms with van der Waals surface area (Å²) in [4.78, 5) is 13.2. The fourth-order valence-corrected chi connectivity index (χ4v) is 2.26. The predicted molar refractivity (Wildman–Crippen MR) is 80.4 cm³/mol. The number of hydrogen-bond acceptors (Lipinski definition) is 6. The molecule has 0 aliphatic heterocycles. The fraction of sp³-hybridized carbons (Fsp3) is 0.417. The molecule has 0 aromatic heterocycles. The van der Waals surface area contributed by atoms with Gasteiger partial charge in [0, 0.05) is 20.7 Å². The van der Waals surface area contributed by atoms with Crippen molar-refractivity contribution in [2.45, 2.75) is 4.90 Å². The van der Waals surface area contributed by atoms with Gasteiger partial charge >= 0.3 is 0 Å². The Morgan fingerprint density at radius 3 is 2.62 bits per heavy atom. The van der Waals surface area contributed by atoms with E-state index >= 15 is 0 Å². The molecule has 1 amide bonds. The highest BCUT2D eigenvalue weighted by Crippen LogP contribution is 2.24. The van der Waals surface area contributed by atoms with Crippen molar-refractivity contribution in [2.75, 3.05) is 44.5 Å². The minimum absolute atomic E-state index is 0.0679. The van der Waals surface area contributed by atoms with E-state index in [2.05, 4.69) is 5.32 Å². The minimum Gasteiger partial charge on any atom is -0.397 e. The highest BCUT2D eigenvalue weighted by atomic mass is 32.2. The van der Waals surface area contributed by atoms with Crippen LogP contribution in [0.25, 0.3) is 0 Å². The Morgan fingerprint density at radius 2 is 2.10 bits per heavy atom. The summed E-state index contributed by atoms with van der Waals surface area (Å²) in [7, 11) is -0.571. The Balaban J connectivity index is 2.75. The molecule has 118 valence electrons. The number of benzene rings is 1. The number of sulfonamides is 1. The zero-order valence-corrected chi connectivity index (χ0v) is 12.8. The first-order valence-corrected chi connectivity index (χ1v) is 7.69. The van der Waals surface area contributed by atoms with E-state index in [1.165, 1.54) is 18.2 Å². The normalized spacial score (nSPS) is 11.2. The second-order valence-corrected chi connectivity index (χ2v) is 6.03. The van der Waals surface area contributed by atoms with Gasteiger partial charge in [-0.05, 0) is 18.2 Å². The van der Waals surface area contributed by atoms with Gasteiger partial charge in [0.25, 0.3) is 0 Å². The molecule has 0 fully saturated rings. The predicted octanol–water partition coefficient (Wildman–Crippen LogP) is -0.885. The van der Waals surface area contributed by atoms with Crippen molar-refractivity contribution >= 4 is 27.3 Å². The lowest BCUT2D eigenvalue weighted by Gasteiger charge is -2.21. The molecule has 1 rings (SSSR count). The number of amides is 1. The molecule has 0 radical (unpaired) electrons. The summed E-state index contributed by atoms with van der Waals surface area (Å²) in [5.74, 6) is -0.190. The van der Waals surface area contributed by atoms with Gasteiger partial charge in [-0.3, -0.25) is 4.79 Å². The van der Waals surface area contributed by atoms with Gasteiger partial charge < -0.3 is 20.7 Å². The van der Waals surface area contributed by atoms with E-state index in [-0.39, 0.29) is 23.0 Å². The maximum absolute atomic E-state index is 11.7. The molecule has 8 nitrogen and oxygen atoms in total. The van der Waals surface area contributed by atoms with Crippen LogP contribution in [-0.2, 0) is 19.6 Å². The first-order valence-electron chi connectivity index (χ1n) is 6.15. The number of nitrogens with two attached hydrogens (primary N) is 2. The third-order valence-corrected chi connectivity index (χ3v) is 3.66. The number of nitrogen functional groups attached to an aromatic ring is 1. The number of methoxy groups -OCH3 is 1. The van der Waals surface area contributed by atoms with Crippen molar-refractivity contribution in [1.29, 1.82) is 0 Å². The number of carbonyl (C=O) groups excluding carboxylic acids is 1. The number of rotatable bonds is 7. The van der Waals surface area contributed by atoms with Crippen LogP contribution in [0.15, 0.2) is 23.1 Å². The summed E-state index contributed by atoms with van der Waals surface area (Å²) in [6.45, 7) is 0.937. The van der Waals surface area contributed by atoms with Gasteiger partial charge in [-0.1, -0.05) is 0 Å². The van der Waals surface area contributed by atoms with Gasteiger partial charge in [0.05, 0.1) is 29.4 Å². The second-order valence-electron chi connectivity index (χ2n) is 4.46. The van der Waals surface area contributed by atoms with E-state index in [9.17, 15) is 13.2 Å². The highest BCUT2D eigenvalue weighted by Gasteiger charge is 2.13. The van der Waals surface area contributed by atoms with Crippen molar-refractivity contribution in [2.24, 2.45) is 5.14 Å². The molecule has 0 aliphatic rings. The van der Waals surface area contributed by atoms with Crippen LogP contribution >= 0.6 is 0 Å². The number of nitrogens with zero attached hydrogens (tertiary/aromatic N) is 1. The van der Waals surface area contributed by atoms with E-state index in [4.69, 9.17) is 15.6 Å². The lowest BCUT2D eigenvalue weighted by Crippen LogP contribution is -2.36. The average molecular weight is 316 g/mol. The van der Waals surface area contributed by atoms with Gasteiger partial charge in [-0.25, -0.2) is 13.6 Å². The molecular weight excluding hydrogens is 296 g/mol. The summed E-state index contributed by atoms with van der Waals surface area (Å²) < 4.78 is 27.3. The van der Waals surface area contributed by atoms with Gasteiger partial charge in [0.2, 0.25) is 15.9 Å². The number of likely N-dealkylation sites (N-methyl/N-ethyl adjacent to an activating group) is 1. The molecular formula is C12H20N4O4S. The first kappa shape index (κ1) is 17.2. The molecule has 0 unspecified atom stereocenters. The lowest BCUT2D eigenvalue weighted by atomic mass is 10.2. The maximum atomic E-state index is 11.7. The Labute approximate surface area is 124 Å². The quantitative estimate of drug-likeness (QED) is 0.442. The standard InChI is InChI=1S/C12H20N4O4S/c1-16(8-12(17)15-5-6-20-2)11-4-3-9(7-10(11)13)21(14,18)19/h3-4,7H,5-6,8,13H2,1-2H3,(H,15,17)(H2,14,18,19). The molecule has 1 aromatic rings. The van der Waals surface area contributed by atoms with E-state index in [0.717, 1.165) is 0 Å². The molecule has 1 aromatic carbocycles. The maximum Gasteiger partial charge on any atom is 0.239 e. The van der Waals surface area contributed by atoms with Crippen molar-refractivity contribution in [3.05, 3.63) is 18.2 Å². The van der Waals surface area contributed by atoms with E-state index in [1.807, 2.05) is 0 Å². The van der Waals surface area contributed by atoms with Crippen molar-refractivity contribution < 1.29 is 17.9 Å². The largest absolute Gasteiger partial charge is 0.397 e. The van der Waals surface area contributed by atoms with E-state index in [0.29, 0.717) is 18.8 Å². The average Bonchev–Trinajstić information content (AvgIpc) is 2.37. The van der Waals surface area contributed by atoms with Crippen LogP contribution in [0.4, 0.5) is 11.4 Å². The van der Waals surface area contributed by atoms with Crippen LogP contribution in [0.2, 0.25) is 0 Å². The zero-order valence-electron chi connectivity index (χ0n) is 12.0. The summed E-state index contributed by atoms with van der Waals surface area (Å²) in [5, 5.41) is 7.70. The van der Waals surface area contributed by atoms with E-state index < -0.39 is 10.0 Å². The zero-order chi connectivity index (χ0) is 16.0. The number of nitrogens with one attached hydrogen (secondary N) is 1. The summed E-state index contributed by atoms with van der Waals surface area (Å²) in [6, 6.07) is 4.13. The van der Waals surface area contributed by atoms with Crippen LogP contribution in [0.3, 0.4) is 0 Å². The smallest absolute Gasteiger partial charge is 0.239 e. The molecule has 0 aliphatic carbocycles. The van der Waals surface area contributed by atoms with Crippen LogP contribution in [0.1, 0.15) is 0 Å². The molecule has 21 heavy (non-hydrogen) atoms. The summed E-state index contributed by atoms with van der Waals surface area (Å²) >= 11 is 0. The van der Waals surface area contributed by atoms with E-state index in [1.54, 1.807) is 19.1 Å². The van der Waals surface area contributed by atoms with Gasteiger partial charge in [0.1, 0.15) is 0 Å². The third kappa shape index (κ3) is 5.21. The second kappa shape index (κ2) is 7.25. The van der Waals surface area contributed by atoms with Crippen molar-refractivity contribution in [1.82, 2.24) is 5.32 Å². The van der Waals surface area contributed by atoms with Crippen LogP contribution in [-0.4, -0.2) is 48.2 Å². The molecule has 0 spiro atoms. The topological polar surface area (TPSA) is 128 Å². The first-order chi connectivity index (χ1) is 9.75. The summed E-state index contributed by atoms with van der Waals surface area (Å²) in [5.41, 5.74) is 6.58. The third-order valence-electron chi connectivity index (χ3n) is 2.75. The van der Waals surface area contributed by atoms with Gasteiger partial charge in [-0.2, -0.15) is 0 Å². The molecule has 0 heterocycles. The monoisotopic (exact) mass is 316 g/mol.